The van der Waals surface area contributed by atoms with Crippen LogP contribution in [0.3, 0.4) is 0 Å². The molecule has 0 atom stereocenters. The van der Waals surface area contributed by atoms with Crippen LogP contribution in [0.25, 0.3) is 0 Å². The SMILES string of the molecule is C.[Co+2].[LiH].[O-2]. The van der Waals surface area contributed by atoms with E-state index >= 15 is 0 Å². The van der Waals surface area contributed by atoms with Crippen LogP contribution in [0.15, 0.2) is 0 Å². The van der Waals surface area contributed by atoms with Gasteiger partial charge in [-0.25, -0.2) is 0 Å². The Morgan fingerprint density at radius 1 is 1.00 bits per heavy atom. The molecule has 0 aromatic rings. The summed E-state index contributed by atoms with van der Waals surface area (Å²) in [5.41, 5.74) is 0. The zero-order valence-corrected chi connectivity index (χ0v) is 1.78. The minimum atomic E-state index is 0. The average molecular weight is 98.9 g/mol. The van der Waals surface area contributed by atoms with Crippen LogP contribution in [0.1, 0.15) is 7.43 Å². The van der Waals surface area contributed by atoms with Crippen molar-refractivity contribution in [1.29, 1.82) is 0 Å². The Hall–Kier alpha value is 1.06. The number of hydrogen-bond donors (Lipinski definition) is 0. The van der Waals surface area contributed by atoms with Crippen LogP contribution in [-0.2, 0) is 22.3 Å². The Bertz CT molecular complexity index is 8.00. The van der Waals surface area contributed by atoms with Gasteiger partial charge in [-0.05, 0) is 0 Å². The molecule has 0 unspecified atom stereocenters. The molecule has 0 bridgehead atoms. The summed E-state index contributed by atoms with van der Waals surface area (Å²) < 4.78 is 0. The van der Waals surface area contributed by atoms with Crippen LogP contribution in [0.5, 0.6) is 0 Å². The van der Waals surface area contributed by atoms with Crippen LogP contribution < -0.4 is 0 Å². The molecule has 0 saturated heterocycles. The molecule has 0 amide bonds. The molecule has 0 aromatic heterocycles. The second-order valence-corrected chi connectivity index (χ2v) is 0. The Morgan fingerprint density at radius 3 is 1.00 bits per heavy atom. The van der Waals surface area contributed by atoms with Crippen molar-refractivity contribution in [2.24, 2.45) is 0 Å². The standard InChI is InChI=1S/CH4.Co.Li.O.H/h1H4;;;;/q;+2;;-2;. The van der Waals surface area contributed by atoms with Gasteiger partial charge in [0.25, 0.3) is 0 Å². The third kappa shape index (κ3) is 11.5. The molecule has 0 saturated carbocycles. The molecular weight excluding hydrogens is 93.9 g/mol. The summed E-state index contributed by atoms with van der Waals surface area (Å²) in [4.78, 5) is 0. The first kappa shape index (κ1) is 73.9. The van der Waals surface area contributed by atoms with Crippen molar-refractivity contribution in [2.75, 3.05) is 0 Å². The summed E-state index contributed by atoms with van der Waals surface area (Å²) in [7, 11) is 0. The Kier molecular flexibility index (Phi) is 623. The van der Waals surface area contributed by atoms with E-state index in [2.05, 4.69) is 0 Å². The molecule has 1 nitrogen and oxygen atoms in total. The molecule has 3 heteroatoms. The van der Waals surface area contributed by atoms with E-state index in [-0.39, 0.29) is 48.5 Å². The van der Waals surface area contributed by atoms with E-state index in [1.54, 1.807) is 0 Å². The largest absolute Gasteiger partial charge is 2.00 e. The van der Waals surface area contributed by atoms with Crippen LogP contribution in [-0.4, -0.2) is 18.9 Å². The second-order valence-electron chi connectivity index (χ2n) is 0. The summed E-state index contributed by atoms with van der Waals surface area (Å²) in [5, 5.41) is 0. The van der Waals surface area contributed by atoms with Crippen molar-refractivity contribution in [2.45, 2.75) is 7.43 Å². The summed E-state index contributed by atoms with van der Waals surface area (Å²) in [5.74, 6) is 0. The summed E-state index contributed by atoms with van der Waals surface area (Å²) in [6.07, 6.45) is 0. The molecule has 0 aliphatic carbocycles. The van der Waals surface area contributed by atoms with Crippen molar-refractivity contribution in [3.63, 3.8) is 0 Å². The maximum atomic E-state index is 0. The van der Waals surface area contributed by atoms with E-state index in [9.17, 15) is 0 Å². The van der Waals surface area contributed by atoms with E-state index in [1.807, 2.05) is 0 Å². The average Bonchev–Trinajstić information content (AvgIpc) is 0. The van der Waals surface area contributed by atoms with Crippen LogP contribution in [0, 0.1) is 0 Å². The molecule has 25 valence electrons. The van der Waals surface area contributed by atoms with Gasteiger partial charge < -0.3 is 5.48 Å². The molecule has 4 heavy (non-hydrogen) atoms. The van der Waals surface area contributed by atoms with E-state index < -0.39 is 0 Å². The molecule has 0 rings (SSSR count). The van der Waals surface area contributed by atoms with Crippen molar-refractivity contribution < 1.29 is 22.3 Å². The van der Waals surface area contributed by atoms with E-state index in [1.165, 1.54) is 0 Å². The fraction of sp³-hybridized carbons (Fsp3) is 1.00. The van der Waals surface area contributed by atoms with Crippen LogP contribution in [0.4, 0.5) is 0 Å². The second kappa shape index (κ2) is 33.7. The van der Waals surface area contributed by atoms with Gasteiger partial charge in [0, 0.05) is 0 Å². The smallest absolute Gasteiger partial charge is 2.00 e. The minimum Gasteiger partial charge on any atom is -2.00 e. The summed E-state index contributed by atoms with van der Waals surface area (Å²) >= 11 is 0. The molecule has 1 radical (unpaired) electrons. The van der Waals surface area contributed by atoms with Gasteiger partial charge in [-0.2, -0.15) is 0 Å². The normalized spacial score (nSPS) is 0. The predicted molar refractivity (Wildman–Crippen MR) is 14.6 cm³/mol. The van der Waals surface area contributed by atoms with Crippen molar-refractivity contribution >= 4 is 18.9 Å². The molecule has 0 N–H and O–H groups in total. The van der Waals surface area contributed by atoms with Gasteiger partial charge in [0.1, 0.15) is 0 Å². The monoisotopic (exact) mass is 99.0 g/mol. The van der Waals surface area contributed by atoms with Crippen molar-refractivity contribution in [3.05, 3.63) is 0 Å². The topological polar surface area (TPSA) is 28.5 Å². The van der Waals surface area contributed by atoms with Gasteiger partial charge in [0.05, 0.1) is 0 Å². The van der Waals surface area contributed by atoms with E-state index in [0.29, 0.717) is 0 Å². The first-order valence-electron chi connectivity index (χ1n) is 0. The van der Waals surface area contributed by atoms with Crippen molar-refractivity contribution in [1.82, 2.24) is 0 Å². The molecule has 0 fully saturated rings. The van der Waals surface area contributed by atoms with Gasteiger partial charge >= 0.3 is 35.6 Å². The summed E-state index contributed by atoms with van der Waals surface area (Å²) in [6.45, 7) is 0. The van der Waals surface area contributed by atoms with Crippen molar-refractivity contribution in [3.8, 4) is 0 Å². The first-order chi connectivity index (χ1) is 0. The Labute approximate surface area is 48.8 Å². The van der Waals surface area contributed by atoms with Gasteiger partial charge in [-0.1, -0.05) is 7.43 Å². The van der Waals surface area contributed by atoms with Crippen LogP contribution >= 0.6 is 0 Å². The van der Waals surface area contributed by atoms with E-state index in [4.69, 9.17) is 0 Å². The summed E-state index contributed by atoms with van der Waals surface area (Å²) in [6, 6.07) is 0. The maximum absolute atomic E-state index is 0. The fourth-order valence-corrected chi connectivity index (χ4v) is 0. The first-order valence-corrected chi connectivity index (χ1v) is 0. The van der Waals surface area contributed by atoms with Gasteiger partial charge in [0.2, 0.25) is 0 Å². The third-order valence-corrected chi connectivity index (χ3v) is 0. The Morgan fingerprint density at radius 2 is 1.00 bits per heavy atom. The molecule has 0 aliphatic heterocycles. The number of hydrogen-bond acceptors (Lipinski definition) is 0. The quantitative estimate of drug-likeness (QED) is 0.378. The maximum Gasteiger partial charge on any atom is -2.00 e. The predicted octanol–water partition coefficient (Wildman–Crippen LogP) is -0.134. The number of rotatable bonds is 0. The third-order valence-electron chi connectivity index (χ3n) is 0. The fourth-order valence-electron chi connectivity index (χ4n) is 0. The molecule has 0 aliphatic rings. The Balaban J connectivity index is 0. The van der Waals surface area contributed by atoms with E-state index in [0.717, 1.165) is 0 Å². The van der Waals surface area contributed by atoms with Gasteiger partial charge in [-0.3, -0.25) is 0 Å². The molecular formula is CH5CoLiO. The molecule has 0 heterocycles. The zero-order chi connectivity index (χ0) is 0. The van der Waals surface area contributed by atoms with Gasteiger partial charge in [-0.15, -0.1) is 0 Å². The zero-order valence-electron chi connectivity index (χ0n) is 0.742. The minimum absolute atomic E-state index is 0. The molecule has 0 spiro atoms. The van der Waals surface area contributed by atoms with Crippen LogP contribution in [0.2, 0.25) is 0 Å². The molecule has 0 aromatic carbocycles. The van der Waals surface area contributed by atoms with Gasteiger partial charge in [0.15, 0.2) is 0 Å².